The van der Waals surface area contributed by atoms with E-state index >= 15 is 0 Å². The third kappa shape index (κ3) is 3.63. The number of carbonyl (C=O) groups excluding carboxylic acids is 2. The van der Waals surface area contributed by atoms with E-state index < -0.39 is 0 Å². The summed E-state index contributed by atoms with van der Waals surface area (Å²) in [5, 5.41) is 0. The maximum atomic E-state index is 13.7. The Labute approximate surface area is 194 Å². The summed E-state index contributed by atoms with van der Waals surface area (Å²) in [4.78, 5) is 35.2. The zero-order valence-electron chi connectivity index (χ0n) is 19.7. The van der Waals surface area contributed by atoms with E-state index in [1.807, 2.05) is 55.5 Å². The molecule has 5 rings (SSSR count). The zero-order valence-corrected chi connectivity index (χ0v) is 19.7. The van der Waals surface area contributed by atoms with E-state index in [4.69, 9.17) is 4.98 Å². The predicted molar refractivity (Wildman–Crippen MR) is 128 cm³/mol. The Bertz CT molecular complexity index is 1230. The second-order valence-electron chi connectivity index (χ2n) is 9.51. The molecule has 2 aromatic carbocycles. The molecule has 2 aliphatic rings. The van der Waals surface area contributed by atoms with Crippen molar-refractivity contribution in [2.24, 2.45) is 0 Å². The van der Waals surface area contributed by atoms with Gasteiger partial charge in [-0.15, -0.1) is 0 Å². The van der Waals surface area contributed by atoms with Crippen LogP contribution in [0.1, 0.15) is 50.5 Å². The van der Waals surface area contributed by atoms with E-state index in [-0.39, 0.29) is 23.9 Å². The van der Waals surface area contributed by atoms with Gasteiger partial charge >= 0.3 is 0 Å². The molecule has 1 fully saturated rings. The van der Waals surface area contributed by atoms with Gasteiger partial charge < -0.3 is 14.4 Å². The number of carbonyl (C=O) groups is 2. The minimum Gasteiger partial charge on any atom is -0.343 e. The molecule has 0 N–H and O–H groups in total. The first-order valence-electron chi connectivity index (χ1n) is 11.6. The van der Waals surface area contributed by atoms with Crippen LogP contribution in [-0.2, 0) is 13.0 Å². The molecule has 33 heavy (non-hydrogen) atoms. The van der Waals surface area contributed by atoms with E-state index in [2.05, 4.69) is 16.4 Å². The summed E-state index contributed by atoms with van der Waals surface area (Å²) in [6, 6.07) is 16.1. The first-order valence-corrected chi connectivity index (χ1v) is 11.6. The number of amides is 2. The zero-order chi connectivity index (χ0) is 23.3. The van der Waals surface area contributed by atoms with Gasteiger partial charge in [-0.1, -0.05) is 36.4 Å². The van der Waals surface area contributed by atoms with Crippen molar-refractivity contribution < 1.29 is 9.59 Å². The van der Waals surface area contributed by atoms with Crippen molar-refractivity contribution in [1.29, 1.82) is 0 Å². The molecule has 3 heterocycles. The van der Waals surface area contributed by atoms with E-state index in [1.165, 1.54) is 5.56 Å². The van der Waals surface area contributed by atoms with E-state index in [0.29, 0.717) is 18.7 Å². The Morgan fingerprint density at radius 3 is 2.39 bits per heavy atom. The second-order valence-corrected chi connectivity index (χ2v) is 9.51. The van der Waals surface area contributed by atoms with Crippen molar-refractivity contribution in [2.45, 2.75) is 51.7 Å². The fourth-order valence-electron chi connectivity index (χ4n) is 5.21. The Kier molecular flexibility index (Phi) is 5.31. The van der Waals surface area contributed by atoms with Gasteiger partial charge in [-0.25, -0.2) is 4.98 Å². The fourth-order valence-corrected chi connectivity index (χ4v) is 5.21. The van der Waals surface area contributed by atoms with Crippen molar-refractivity contribution in [3.63, 3.8) is 0 Å². The predicted octanol–water partition coefficient (Wildman–Crippen LogP) is 4.10. The number of imidazole rings is 1. The molecule has 0 unspecified atom stereocenters. The Morgan fingerprint density at radius 2 is 1.70 bits per heavy atom. The first kappa shape index (κ1) is 21.4. The summed E-state index contributed by atoms with van der Waals surface area (Å²) in [5.74, 6) is 0.804. The van der Waals surface area contributed by atoms with Gasteiger partial charge in [0.05, 0.1) is 11.7 Å². The Balaban J connectivity index is 1.57. The maximum Gasteiger partial charge on any atom is 0.273 e. The lowest BCUT2D eigenvalue weighted by Crippen LogP contribution is -2.42. The van der Waals surface area contributed by atoms with E-state index in [9.17, 15) is 9.59 Å². The Morgan fingerprint density at radius 1 is 0.970 bits per heavy atom. The fraction of sp³-hybridized carbons (Fsp3) is 0.370. The van der Waals surface area contributed by atoms with Crippen LogP contribution >= 0.6 is 0 Å². The summed E-state index contributed by atoms with van der Waals surface area (Å²) in [6.45, 7) is 4.76. The molecule has 0 saturated carbocycles. The Hall–Kier alpha value is -3.41. The highest BCUT2D eigenvalue weighted by Crippen LogP contribution is 2.36. The van der Waals surface area contributed by atoms with Crippen LogP contribution in [0.5, 0.6) is 0 Å². The molecule has 0 radical (unpaired) electrons. The minimum atomic E-state index is -0.0919. The maximum absolute atomic E-state index is 13.7. The molecule has 1 saturated heterocycles. The first-order chi connectivity index (χ1) is 15.8. The summed E-state index contributed by atoms with van der Waals surface area (Å²) >= 11 is 0. The topological polar surface area (TPSA) is 58.4 Å². The molecule has 6 heteroatoms. The number of benzene rings is 2. The van der Waals surface area contributed by atoms with Crippen LogP contribution in [0.25, 0.3) is 11.4 Å². The summed E-state index contributed by atoms with van der Waals surface area (Å²) in [6.07, 6.45) is 2.55. The number of hydrogen-bond acceptors (Lipinski definition) is 3. The molecular formula is C27H30N4O2. The van der Waals surface area contributed by atoms with Crippen molar-refractivity contribution in [1.82, 2.24) is 19.4 Å². The van der Waals surface area contributed by atoms with Crippen LogP contribution in [0, 0.1) is 13.8 Å². The number of hydrogen-bond donors (Lipinski definition) is 0. The molecule has 2 atom stereocenters. The molecule has 0 aliphatic carbocycles. The number of fused-ring (bicyclic) bond motifs is 3. The van der Waals surface area contributed by atoms with Gasteiger partial charge in [0.25, 0.3) is 11.8 Å². The van der Waals surface area contributed by atoms with Crippen LogP contribution in [0.3, 0.4) is 0 Å². The molecule has 2 bridgehead atoms. The van der Waals surface area contributed by atoms with Crippen molar-refractivity contribution in [3.8, 4) is 11.4 Å². The average Bonchev–Trinajstić information content (AvgIpc) is 3.31. The lowest BCUT2D eigenvalue weighted by atomic mass is 10.0. The molecule has 6 nitrogen and oxygen atoms in total. The number of rotatable bonds is 3. The molecule has 2 amide bonds. The molecule has 1 aromatic heterocycles. The average molecular weight is 443 g/mol. The third-order valence-electron chi connectivity index (χ3n) is 7.14. The van der Waals surface area contributed by atoms with Crippen LogP contribution in [-0.4, -0.2) is 57.3 Å². The quantitative estimate of drug-likeness (QED) is 0.614. The van der Waals surface area contributed by atoms with Gasteiger partial charge in [0, 0.05) is 44.2 Å². The highest BCUT2D eigenvalue weighted by atomic mass is 16.2. The highest BCUT2D eigenvalue weighted by Gasteiger charge is 2.42. The molecule has 2 aliphatic heterocycles. The molecule has 0 spiro atoms. The minimum absolute atomic E-state index is 0.0689. The van der Waals surface area contributed by atoms with Gasteiger partial charge in [-0.2, -0.15) is 0 Å². The standard InChI is InChI=1S/C27H30N4O2/c1-17-10-11-20(14-18(17)2)26(32)31-21-12-13-22(31)16-30-23(15-21)24(27(33)29(3)4)28-25(30)19-8-6-5-7-9-19/h5-11,14,21-22H,12-13,15-16H2,1-4H3/t21-,22+/m0/s1. The van der Waals surface area contributed by atoms with Gasteiger partial charge in [-0.3, -0.25) is 9.59 Å². The van der Waals surface area contributed by atoms with Crippen molar-refractivity contribution in [2.75, 3.05) is 14.1 Å². The summed E-state index contributed by atoms with van der Waals surface area (Å²) in [5.41, 5.74) is 5.49. The highest BCUT2D eigenvalue weighted by molar-refractivity contribution is 5.96. The molecule has 3 aromatic rings. The van der Waals surface area contributed by atoms with Gasteiger partial charge in [0.15, 0.2) is 0 Å². The summed E-state index contributed by atoms with van der Waals surface area (Å²) < 4.78 is 2.19. The monoisotopic (exact) mass is 442 g/mol. The normalized spacial score (nSPS) is 19.2. The number of nitrogens with zero attached hydrogens (tertiary/aromatic N) is 4. The van der Waals surface area contributed by atoms with E-state index in [0.717, 1.165) is 41.1 Å². The van der Waals surface area contributed by atoms with Gasteiger partial charge in [0.1, 0.15) is 11.5 Å². The second kappa shape index (κ2) is 8.18. The van der Waals surface area contributed by atoms with Crippen LogP contribution < -0.4 is 0 Å². The van der Waals surface area contributed by atoms with Crippen molar-refractivity contribution >= 4 is 11.8 Å². The van der Waals surface area contributed by atoms with Crippen molar-refractivity contribution in [3.05, 3.63) is 76.6 Å². The van der Waals surface area contributed by atoms with E-state index in [1.54, 1.807) is 19.0 Å². The lowest BCUT2D eigenvalue weighted by Gasteiger charge is -2.28. The lowest BCUT2D eigenvalue weighted by molar-refractivity contribution is 0.0666. The third-order valence-corrected chi connectivity index (χ3v) is 7.14. The van der Waals surface area contributed by atoms with Gasteiger partial charge in [-0.05, 0) is 49.9 Å². The van der Waals surface area contributed by atoms with Crippen LogP contribution in [0.15, 0.2) is 48.5 Å². The smallest absolute Gasteiger partial charge is 0.273 e. The number of aryl methyl sites for hydroxylation is 2. The SMILES string of the molecule is Cc1ccc(C(=O)N2[C@@H]3CC[C@H]2Cc2c(C(=O)N(C)C)nc(-c4ccccc4)n2C3)cc1C. The summed E-state index contributed by atoms with van der Waals surface area (Å²) in [7, 11) is 3.52. The van der Waals surface area contributed by atoms with Crippen LogP contribution in [0.4, 0.5) is 0 Å². The van der Waals surface area contributed by atoms with Crippen LogP contribution in [0.2, 0.25) is 0 Å². The van der Waals surface area contributed by atoms with Gasteiger partial charge in [0.2, 0.25) is 0 Å². The number of aromatic nitrogens is 2. The largest absolute Gasteiger partial charge is 0.343 e. The molecule has 170 valence electrons. The molecular weight excluding hydrogens is 412 g/mol.